The number of ether oxygens (including phenoxy) is 1. The number of hydrogen-bond donors (Lipinski definition) is 2. The summed E-state index contributed by atoms with van der Waals surface area (Å²) in [6.07, 6.45) is 6.12. The first-order chi connectivity index (χ1) is 18.7. The topological polar surface area (TPSA) is 110 Å². The number of nitrogens with zero attached hydrogens (tertiary/aromatic N) is 1. The Morgan fingerprint density at radius 3 is 2.60 bits per heavy atom. The number of esters is 1. The van der Waals surface area contributed by atoms with Crippen molar-refractivity contribution < 1.29 is 24.2 Å². The third-order valence-electron chi connectivity index (χ3n) is 11.7. The molecule has 0 aromatic heterocycles. The predicted octanol–water partition coefficient (Wildman–Crippen LogP) is 4.60. The summed E-state index contributed by atoms with van der Waals surface area (Å²) in [7, 11) is 0. The van der Waals surface area contributed by atoms with Crippen molar-refractivity contribution in [2.24, 2.45) is 45.7 Å². The monoisotopic (exact) mass is 576 g/mol. The molecule has 2 bridgehead atoms. The standard InChI is InChI=1S/C32H52N2O5S/c1-8-30(6)16-24(31(7)20(4)11-13-32(21(5)28(30)37)14-12-23(35)27(31)32)39-25(36)18-40-22-10-9-15-34(17-22)29(38)26(33)19(2)3/h8,19-22,24,26-28,37H,1,9-18,33H2,2-7H3/t20?,21-,22?,24+,26?,27?,28?,30+,31+,32?/m0/s1. The van der Waals surface area contributed by atoms with Gasteiger partial charge in [0.25, 0.3) is 0 Å². The number of rotatable bonds is 7. The Hall–Kier alpha value is -1.38. The SMILES string of the molecule is C=C[C@]1(C)C[C@@H](OC(=O)CSC2CCCN(C(=O)C(N)C(C)C)C2)[C@@]2(C)C(C)CCC3(CCC(=O)C32)[C@@H](C)C1O. The van der Waals surface area contributed by atoms with Gasteiger partial charge in [0.1, 0.15) is 11.9 Å². The summed E-state index contributed by atoms with van der Waals surface area (Å²) in [5.74, 6) is 0.158. The van der Waals surface area contributed by atoms with E-state index in [1.165, 1.54) is 0 Å². The average Bonchev–Trinajstić information content (AvgIpc) is 3.29. The van der Waals surface area contributed by atoms with Gasteiger partial charge in [0.2, 0.25) is 5.91 Å². The Bertz CT molecular complexity index is 1000. The first-order valence-electron chi connectivity index (χ1n) is 15.4. The first kappa shape index (κ1) is 31.6. The fraction of sp³-hybridized carbons (Fsp3) is 0.844. The lowest BCUT2D eigenvalue weighted by atomic mass is 9.44. The van der Waals surface area contributed by atoms with Crippen molar-refractivity contribution in [3.05, 3.63) is 12.7 Å². The van der Waals surface area contributed by atoms with Gasteiger partial charge in [0.15, 0.2) is 0 Å². The molecule has 3 aliphatic carbocycles. The molecule has 0 spiro atoms. The normalized spacial score (nSPS) is 42.5. The number of nitrogens with two attached hydrogens (primary N) is 1. The minimum atomic E-state index is -0.671. The second kappa shape index (κ2) is 11.7. The summed E-state index contributed by atoms with van der Waals surface area (Å²) in [6.45, 7) is 17.8. The maximum atomic E-state index is 13.6. The van der Waals surface area contributed by atoms with E-state index in [1.807, 2.05) is 31.7 Å². The molecule has 1 aliphatic heterocycles. The Kier molecular flexibility index (Phi) is 9.24. The smallest absolute Gasteiger partial charge is 0.316 e. The minimum Gasteiger partial charge on any atom is -0.461 e. The second-order valence-corrected chi connectivity index (χ2v) is 15.5. The van der Waals surface area contributed by atoms with Crippen LogP contribution in [0.4, 0.5) is 0 Å². The van der Waals surface area contributed by atoms with Crippen molar-refractivity contribution >= 4 is 29.4 Å². The molecule has 226 valence electrons. The van der Waals surface area contributed by atoms with Gasteiger partial charge in [-0.15, -0.1) is 18.3 Å². The number of aliphatic hydroxyl groups is 1. The molecular weight excluding hydrogens is 524 g/mol. The second-order valence-electron chi connectivity index (χ2n) is 14.2. The van der Waals surface area contributed by atoms with Gasteiger partial charge in [-0.25, -0.2) is 0 Å². The Labute approximate surface area is 245 Å². The molecule has 4 aliphatic rings. The van der Waals surface area contributed by atoms with Crippen LogP contribution < -0.4 is 5.73 Å². The van der Waals surface area contributed by atoms with Gasteiger partial charge >= 0.3 is 5.97 Å². The van der Waals surface area contributed by atoms with Crippen molar-refractivity contribution in [1.29, 1.82) is 0 Å². The molecular formula is C32H52N2O5S. The van der Waals surface area contributed by atoms with E-state index in [1.54, 1.807) is 11.8 Å². The predicted molar refractivity (Wildman–Crippen MR) is 160 cm³/mol. The number of hydrogen-bond acceptors (Lipinski definition) is 7. The lowest BCUT2D eigenvalue weighted by Crippen LogP contribution is -2.63. The quantitative estimate of drug-likeness (QED) is 0.337. The van der Waals surface area contributed by atoms with E-state index in [-0.39, 0.29) is 57.7 Å². The Balaban J connectivity index is 1.52. The van der Waals surface area contributed by atoms with Crippen LogP contribution in [0.3, 0.4) is 0 Å². The zero-order chi connectivity index (χ0) is 29.6. The third kappa shape index (κ3) is 5.30. The summed E-state index contributed by atoms with van der Waals surface area (Å²) in [5.41, 5.74) is 4.70. The summed E-state index contributed by atoms with van der Waals surface area (Å²) in [6, 6.07) is -0.506. The van der Waals surface area contributed by atoms with E-state index >= 15 is 0 Å². The van der Waals surface area contributed by atoms with E-state index < -0.39 is 29.1 Å². The van der Waals surface area contributed by atoms with Crippen LogP contribution in [0, 0.1) is 39.9 Å². The molecule has 1 heterocycles. The number of amides is 1. The highest BCUT2D eigenvalue weighted by molar-refractivity contribution is 8.00. The molecule has 4 rings (SSSR count). The van der Waals surface area contributed by atoms with Gasteiger partial charge < -0.3 is 20.5 Å². The van der Waals surface area contributed by atoms with Crippen LogP contribution in [0.25, 0.3) is 0 Å². The molecule has 3 saturated carbocycles. The average molecular weight is 577 g/mol. The summed E-state index contributed by atoms with van der Waals surface area (Å²) in [4.78, 5) is 41.7. The van der Waals surface area contributed by atoms with Crippen LogP contribution in [-0.4, -0.2) is 70.0 Å². The van der Waals surface area contributed by atoms with E-state index in [0.29, 0.717) is 25.9 Å². The first-order valence-corrected chi connectivity index (χ1v) is 16.5. The molecule has 4 fully saturated rings. The van der Waals surface area contributed by atoms with Crippen LogP contribution in [0.15, 0.2) is 12.7 Å². The van der Waals surface area contributed by atoms with Crippen LogP contribution >= 0.6 is 11.8 Å². The molecule has 1 saturated heterocycles. The van der Waals surface area contributed by atoms with E-state index in [2.05, 4.69) is 27.4 Å². The molecule has 8 heteroatoms. The number of Topliss-reactive ketones (excluding diaryl/α,β-unsaturated/α-hetero) is 1. The molecule has 0 aromatic rings. The molecule has 7 nitrogen and oxygen atoms in total. The maximum absolute atomic E-state index is 13.6. The number of carbonyl (C=O) groups is 3. The van der Waals surface area contributed by atoms with Crippen molar-refractivity contribution in [2.75, 3.05) is 18.8 Å². The number of carbonyl (C=O) groups excluding carboxylic acids is 3. The lowest BCUT2D eigenvalue weighted by Gasteiger charge is -2.61. The van der Waals surface area contributed by atoms with Crippen LogP contribution in [-0.2, 0) is 19.1 Å². The van der Waals surface area contributed by atoms with Crippen LogP contribution in [0.1, 0.15) is 86.5 Å². The largest absolute Gasteiger partial charge is 0.461 e. The minimum absolute atomic E-state index is 0.0159. The highest BCUT2D eigenvalue weighted by atomic mass is 32.2. The summed E-state index contributed by atoms with van der Waals surface area (Å²) >= 11 is 1.55. The van der Waals surface area contributed by atoms with Crippen LogP contribution in [0.2, 0.25) is 0 Å². The van der Waals surface area contributed by atoms with Gasteiger partial charge in [-0.2, -0.15) is 0 Å². The number of likely N-dealkylation sites (tertiary alicyclic amines) is 1. The van der Waals surface area contributed by atoms with Gasteiger partial charge in [-0.3, -0.25) is 14.4 Å². The Morgan fingerprint density at radius 2 is 1.95 bits per heavy atom. The molecule has 40 heavy (non-hydrogen) atoms. The van der Waals surface area contributed by atoms with Crippen molar-refractivity contribution in [3.8, 4) is 0 Å². The number of aliphatic hydroxyl groups excluding tert-OH is 1. The zero-order valence-corrected chi connectivity index (χ0v) is 26.3. The summed E-state index contributed by atoms with van der Waals surface area (Å²) < 4.78 is 6.38. The van der Waals surface area contributed by atoms with Gasteiger partial charge in [0.05, 0.1) is 17.9 Å². The van der Waals surface area contributed by atoms with E-state index in [9.17, 15) is 19.5 Å². The fourth-order valence-electron chi connectivity index (χ4n) is 8.65. The van der Waals surface area contributed by atoms with Crippen molar-refractivity contribution in [3.63, 3.8) is 0 Å². The van der Waals surface area contributed by atoms with Crippen molar-refractivity contribution in [2.45, 2.75) is 110 Å². The molecule has 1 amide bonds. The maximum Gasteiger partial charge on any atom is 0.316 e. The highest BCUT2D eigenvalue weighted by Gasteiger charge is 2.68. The molecule has 10 atom stereocenters. The third-order valence-corrected chi connectivity index (χ3v) is 13.0. The van der Waals surface area contributed by atoms with Gasteiger partial charge in [0, 0.05) is 41.5 Å². The zero-order valence-electron chi connectivity index (χ0n) is 25.5. The molecule has 3 N–H and O–H groups in total. The molecule has 6 unspecified atom stereocenters. The number of ketones is 1. The Morgan fingerprint density at radius 1 is 1.25 bits per heavy atom. The van der Waals surface area contributed by atoms with Gasteiger partial charge in [-0.1, -0.05) is 47.6 Å². The van der Waals surface area contributed by atoms with E-state index in [0.717, 1.165) is 32.1 Å². The van der Waals surface area contributed by atoms with Crippen LogP contribution in [0.5, 0.6) is 0 Å². The molecule has 0 aromatic carbocycles. The van der Waals surface area contributed by atoms with Gasteiger partial charge in [-0.05, 0) is 61.7 Å². The van der Waals surface area contributed by atoms with Crippen molar-refractivity contribution in [1.82, 2.24) is 4.90 Å². The summed E-state index contributed by atoms with van der Waals surface area (Å²) in [5, 5.41) is 11.8. The lowest BCUT2D eigenvalue weighted by molar-refractivity contribution is -0.205. The fourth-order valence-corrected chi connectivity index (χ4v) is 9.71. The number of piperidine rings is 1. The highest BCUT2D eigenvalue weighted by Crippen LogP contribution is 2.68. The molecule has 0 radical (unpaired) electrons. The number of thioether (sulfide) groups is 1. The van der Waals surface area contributed by atoms with E-state index in [4.69, 9.17) is 10.5 Å².